The van der Waals surface area contributed by atoms with Crippen molar-refractivity contribution in [2.24, 2.45) is 0 Å². The van der Waals surface area contributed by atoms with E-state index < -0.39 is 11.7 Å². The predicted molar refractivity (Wildman–Crippen MR) is 69.9 cm³/mol. The Kier molecular flexibility index (Phi) is 4.34. The SMILES string of the molecule is Nc1ccc(CCCN2CCCC2)c(C(F)(F)F)c1. The highest BCUT2D eigenvalue weighted by Gasteiger charge is 2.33. The number of halogens is 3. The van der Waals surface area contributed by atoms with Gasteiger partial charge in [0.15, 0.2) is 0 Å². The van der Waals surface area contributed by atoms with Crippen LogP contribution in [0.25, 0.3) is 0 Å². The van der Waals surface area contributed by atoms with Crippen molar-refractivity contribution in [2.75, 3.05) is 25.4 Å². The molecule has 2 nitrogen and oxygen atoms in total. The number of likely N-dealkylation sites (tertiary alicyclic amines) is 1. The fourth-order valence-corrected chi connectivity index (χ4v) is 2.58. The molecule has 0 bridgehead atoms. The number of alkyl halides is 3. The van der Waals surface area contributed by atoms with E-state index >= 15 is 0 Å². The first kappa shape index (κ1) is 14.2. The van der Waals surface area contributed by atoms with Crippen LogP contribution in [-0.2, 0) is 12.6 Å². The number of hydrogen-bond donors (Lipinski definition) is 1. The van der Waals surface area contributed by atoms with Crippen LogP contribution in [-0.4, -0.2) is 24.5 Å². The molecule has 1 heterocycles. The molecule has 5 heteroatoms. The maximum absolute atomic E-state index is 12.9. The predicted octanol–water partition coefficient (Wildman–Crippen LogP) is 3.32. The van der Waals surface area contributed by atoms with Crippen molar-refractivity contribution in [1.82, 2.24) is 4.90 Å². The third kappa shape index (κ3) is 3.86. The third-order valence-electron chi connectivity index (χ3n) is 3.56. The van der Waals surface area contributed by atoms with Gasteiger partial charge in [0.2, 0.25) is 0 Å². The lowest BCUT2D eigenvalue weighted by Crippen LogP contribution is -2.21. The van der Waals surface area contributed by atoms with Crippen LogP contribution in [0.15, 0.2) is 18.2 Å². The van der Waals surface area contributed by atoms with E-state index in [4.69, 9.17) is 5.73 Å². The molecule has 0 aromatic heterocycles. The van der Waals surface area contributed by atoms with Crippen molar-refractivity contribution < 1.29 is 13.2 Å². The van der Waals surface area contributed by atoms with Crippen LogP contribution in [0.5, 0.6) is 0 Å². The standard InChI is InChI=1S/C14H19F3N2/c15-14(16,17)13-10-12(18)6-5-11(13)4-3-9-19-7-1-2-8-19/h5-6,10H,1-4,7-9,18H2. The number of nitrogens with two attached hydrogens (primary N) is 1. The van der Waals surface area contributed by atoms with E-state index in [1.165, 1.54) is 18.9 Å². The van der Waals surface area contributed by atoms with Gasteiger partial charge in [-0.05, 0) is 63.0 Å². The van der Waals surface area contributed by atoms with Gasteiger partial charge in [-0.15, -0.1) is 0 Å². The van der Waals surface area contributed by atoms with Crippen molar-refractivity contribution in [2.45, 2.75) is 31.9 Å². The Morgan fingerprint density at radius 3 is 2.47 bits per heavy atom. The molecular weight excluding hydrogens is 253 g/mol. The number of nitrogen functional groups attached to an aromatic ring is 1. The fraction of sp³-hybridized carbons (Fsp3) is 0.571. The van der Waals surface area contributed by atoms with Gasteiger partial charge in [0.1, 0.15) is 0 Å². The number of nitrogens with zero attached hydrogens (tertiary/aromatic N) is 1. The molecule has 2 N–H and O–H groups in total. The molecule has 1 aromatic rings. The molecule has 1 aromatic carbocycles. The molecule has 0 atom stereocenters. The van der Waals surface area contributed by atoms with E-state index in [2.05, 4.69) is 4.90 Å². The summed E-state index contributed by atoms with van der Waals surface area (Å²) in [5, 5.41) is 0. The summed E-state index contributed by atoms with van der Waals surface area (Å²) in [7, 11) is 0. The monoisotopic (exact) mass is 272 g/mol. The van der Waals surface area contributed by atoms with Gasteiger partial charge in [0, 0.05) is 5.69 Å². The third-order valence-corrected chi connectivity index (χ3v) is 3.56. The molecule has 1 fully saturated rings. The molecule has 0 amide bonds. The minimum atomic E-state index is -4.32. The highest BCUT2D eigenvalue weighted by Crippen LogP contribution is 2.33. The average Bonchev–Trinajstić information content (AvgIpc) is 2.83. The summed E-state index contributed by atoms with van der Waals surface area (Å²) in [6, 6.07) is 4.08. The minimum Gasteiger partial charge on any atom is -0.399 e. The summed E-state index contributed by atoms with van der Waals surface area (Å²) >= 11 is 0. The smallest absolute Gasteiger partial charge is 0.399 e. The van der Waals surface area contributed by atoms with Crippen LogP contribution >= 0.6 is 0 Å². The zero-order chi connectivity index (χ0) is 13.9. The van der Waals surface area contributed by atoms with Crippen LogP contribution in [0.4, 0.5) is 18.9 Å². The number of benzene rings is 1. The molecule has 0 aliphatic carbocycles. The highest BCUT2D eigenvalue weighted by molar-refractivity contribution is 5.46. The summed E-state index contributed by atoms with van der Waals surface area (Å²) in [4.78, 5) is 2.31. The Balaban J connectivity index is 1.98. The van der Waals surface area contributed by atoms with Crippen molar-refractivity contribution in [3.63, 3.8) is 0 Å². The van der Waals surface area contributed by atoms with Gasteiger partial charge in [0.05, 0.1) is 5.56 Å². The Hall–Kier alpha value is -1.23. The van der Waals surface area contributed by atoms with Gasteiger partial charge in [-0.25, -0.2) is 0 Å². The van der Waals surface area contributed by atoms with Crippen LogP contribution in [0.3, 0.4) is 0 Å². The quantitative estimate of drug-likeness (QED) is 0.852. The Bertz CT molecular complexity index is 423. The number of aryl methyl sites for hydroxylation is 1. The summed E-state index contributed by atoms with van der Waals surface area (Å²) in [6.45, 7) is 3.03. The van der Waals surface area contributed by atoms with Crippen LogP contribution < -0.4 is 5.73 Å². The second-order valence-electron chi connectivity index (χ2n) is 5.07. The van der Waals surface area contributed by atoms with Crippen molar-refractivity contribution in [3.8, 4) is 0 Å². The maximum Gasteiger partial charge on any atom is 0.416 e. The Labute approximate surface area is 111 Å². The molecule has 0 unspecified atom stereocenters. The van der Waals surface area contributed by atoms with Gasteiger partial charge in [-0.2, -0.15) is 13.2 Å². The van der Waals surface area contributed by atoms with E-state index in [1.807, 2.05) is 0 Å². The maximum atomic E-state index is 12.9. The van der Waals surface area contributed by atoms with Gasteiger partial charge < -0.3 is 10.6 Å². The molecule has 1 aliphatic rings. The van der Waals surface area contributed by atoms with Crippen LogP contribution in [0, 0.1) is 0 Å². The molecule has 19 heavy (non-hydrogen) atoms. The first-order valence-electron chi connectivity index (χ1n) is 6.65. The topological polar surface area (TPSA) is 29.3 Å². The molecule has 2 rings (SSSR count). The number of anilines is 1. The summed E-state index contributed by atoms with van der Waals surface area (Å²) in [5.74, 6) is 0. The number of hydrogen-bond acceptors (Lipinski definition) is 2. The van der Waals surface area contributed by atoms with Gasteiger partial charge in [-0.1, -0.05) is 6.07 Å². The zero-order valence-corrected chi connectivity index (χ0v) is 10.8. The molecular formula is C14H19F3N2. The molecule has 0 radical (unpaired) electrons. The lowest BCUT2D eigenvalue weighted by molar-refractivity contribution is -0.138. The second kappa shape index (κ2) is 5.82. The van der Waals surface area contributed by atoms with Crippen molar-refractivity contribution in [3.05, 3.63) is 29.3 Å². The molecule has 0 saturated carbocycles. The summed E-state index contributed by atoms with van der Waals surface area (Å²) < 4.78 is 38.7. The highest BCUT2D eigenvalue weighted by atomic mass is 19.4. The van der Waals surface area contributed by atoms with E-state index in [9.17, 15) is 13.2 Å². The fourth-order valence-electron chi connectivity index (χ4n) is 2.58. The average molecular weight is 272 g/mol. The van der Waals surface area contributed by atoms with E-state index in [1.54, 1.807) is 6.07 Å². The Morgan fingerprint density at radius 1 is 1.16 bits per heavy atom. The van der Waals surface area contributed by atoms with Crippen molar-refractivity contribution >= 4 is 5.69 Å². The van der Waals surface area contributed by atoms with Gasteiger partial charge >= 0.3 is 6.18 Å². The van der Waals surface area contributed by atoms with Crippen LogP contribution in [0.2, 0.25) is 0 Å². The first-order valence-corrected chi connectivity index (χ1v) is 6.65. The summed E-state index contributed by atoms with van der Waals surface area (Å²) in [6.07, 6.45) is -0.706. The van der Waals surface area contributed by atoms with E-state index in [0.717, 1.165) is 32.1 Å². The summed E-state index contributed by atoms with van der Waals surface area (Å²) in [5.41, 5.74) is 5.37. The largest absolute Gasteiger partial charge is 0.416 e. The number of rotatable bonds is 4. The molecule has 1 aliphatic heterocycles. The van der Waals surface area contributed by atoms with Gasteiger partial charge in [0.25, 0.3) is 0 Å². The van der Waals surface area contributed by atoms with E-state index in [0.29, 0.717) is 12.0 Å². The lowest BCUT2D eigenvalue weighted by atomic mass is 10.0. The minimum absolute atomic E-state index is 0.163. The molecule has 0 spiro atoms. The first-order chi connectivity index (χ1) is 8.97. The Morgan fingerprint density at radius 2 is 1.84 bits per heavy atom. The molecule has 106 valence electrons. The lowest BCUT2D eigenvalue weighted by Gasteiger charge is -2.16. The van der Waals surface area contributed by atoms with Crippen LogP contribution in [0.1, 0.15) is 30.4 Å². The second-order valence-corrected chi connectivity index (χ2v) is 5.07. The van der Waals surface area contributed by atoms with Crippen molar-refractivity contribution in [1.29, 1.82) is 0 Å². The normalized spacial score (nSPS) is 17.0. The zero-order valence-electron chi connectivity index (χ0n) is 10.8. The molecule has 1 saturated heterocycles. The van der Waals surface area contributed by atoms with Gasteiger partial charge in [-0.3, -0.25) is 0 Å². The van der Waals surface area contributed by atoms with E-state index in [-0.39, 0.29) is 5.69 Å².